The summed E-state index contributed by atoms with van der Waals surface area (Å²) in [5.41, 5.74) is 1.46. The summed E-state index contributed by atoms with van der Waals surface area (Å²) in [5.74, 6) is 0.281. The van der Waals surface area contributed by atoms with Crippen molar-refractivity contribution in [3.8, 4) is 28.7 Å². The van der Waals surface area contributed by atoms with Gasteiger partial charge in [-0.05, 0) is 17.7 Å². The zero-order chi connectivity index (χ0) is 16.6. The first-order valence-corrected chi connectivity index (χ1v) is 7.02. The number of benzene rings is 2. The van der Waals surface area contributed by atoms with Crippen LogP contribution in [-0.4, -0.2) is 30.4 Å². The van der Waals surface area contributed by atoms with Crippen LogP contribution >= 0.6 is 0 Å². The van der Waals surface area contributed by atoms with Crippen molar-refractivity contribution in [2.45, 2.75) is 12.3 Å². The van der Waals surface area contributed by atoms with Crippen LogP contribution < -0.4 is 14.2 Å². The molecule has 0 aromatic heterocycles. The average molecular weight is 316 g/mol. The molecule has 1 heterocycles. The summed E-state index contributed by atoms with van der Waals surface area (Å²) in [6.07, 6.45) is 0.127. The Hall–Kier alpha value is -2.89. The quantitative estimate of drug-likeness (QED) is 0.668. The molecule has 2 N–H and O–H groups in total. The van der Waals surface area contributed by atoms with E-state index in [0.717, 1.165) is 5.56 Å². The molecule has 0 radical (unpaired) electrons. The fourth-order valence-corrected chi connectivity index (χ4v) is 2.81. The Morgan fingerprint density at radius 3 is 2.52 bits per heavy atom. The SMILES string of the molecule is COc1cc([C@@H]2CC(=O)Oc3cc(O)cc(OC)c32)ccc1O. The van der Waals surface area contributed by atoms with Crippen LogP contribution in [0.5, 0.6) is 28.7 Å². The Morgan fingerprint density at radius 2 is 1.83 bits per heavy atom. The van der Waals surface area contributed by atoms with Crippen LogP contribution in [0.1, 0.15) is 23.5 Å². The van der Waals surface area contributed by atoms with E-state index in [1.807, 2.05) is 0 Å². The van der Waals surface area contributed by atoms with E-state index in [1.54, 1.807) is 12.1 Å². The molecule has 2 aromatic rings. The van der Waals surface area contributed by atoms with Crippen LogP contribution in [0.25, 0.3) is 0 Å². The van der Waals surface area contributed by atoms with Gasteiger partial charge in [-0.25, -0.2) is 0 Å². The van der Waals surface area contributed by atoms with E-state index in [9.17, 15) is 15.0 Å². The first-order valence-electron chi connectivity index (χ1n) is 7.02. The van der Waals surface area contributed by atoms with E-state index in [0.29, 0.717) is 17.1 Å². The Morgan fingerprint density at radius 1 is 1.09 bits per heavy atom. The molecule has 6 heteroatoms. The van der Waals surface area contributed by atoms with Crippen LogP contribution in [0.2, 0.25) is 0 Å². The van der Waals surface area contributed by atoms with Gasteiger partial charge in [0.1, 0.15) is 17.2 Å². The van der Waals surface area contributed by atoms with Crippen LogP contribution in [0.3, 0.4) is 0 Å². The second-order valence-corrected chi connectivity index (χ2v) is 5.22. The van der Waals surface area contributed by atoms with Gasteiger partial charge in [-0.3, -0.25) is 4.79 Å². The third-order valence-corrected chi connectivity index (χ3v) is 3.86. The fourth-order valence-electron chi connectivity index (χ4n) is 2.81. The number of ether oxygens (including phenoxy) is 3. The van der Waals surface area contributed by atoms with Gasteiger partial charge in [0.25, 0.3) is 0 Å². The van der Waals surface area contributed by atoms with Crippen molar-refractivity contribution in [2.75, 3.05) is 14.2 Å². The van der Waals surface area contributed by atoms with Crippen molar-refractivity contribution < 1.29 is 29.2 Å². The van der Waals surface area contributed by atoms with Crippen molar-refractivity contribution >= 4 is 5.97 Å². The number of fused-ring (bicyclic) bond motifs is 1. The third-order valence-electron chi connectivity index (χ3n) is 3.86. The first kappa shape index (κ1) is 15.0. The molecule has 0 bridgehead atoms. The normalized spacial score (nSPS) is 16.4. The highest BCUT2D eigenvalue weighted by Gasteiger charge is 2.32. The molecule has 0 saturated heterocycles. The Balaban J connectivity index is 2.17. The smallest absolute Gasteiger partial charge is 0.312 e. The topological polar surface area (TPSA) is 85.2 Å². The van der Waals surface area contributed by atoms with Gasteiger partial charge in [0.05, 0.1) is 20.6 Å². The molecule has 120 valence electrons. The molecule has 23 heavy (non-hydrogen) atoms. The number of methoxy groups -OCH3 is 2. The second kappa shape index (κ2) is 5.72. The largest absolute Gasteiger partial charge is 0.508 e. The monoisotopic (exact) mass is 316 g/mol. The maximum atomic E-state index is 11.9. The molecule has 6 nitrogen and oxygen atoms in total. The Bertz CT molecular complexity index is 768. The number of esters is 1. The molecule has 2 aromatic carbocycles. The number of hydrogen-bond acceptors (Lipinski definition) is 6. The van der Waals surface area contributed by atoms with Gasteiger partial charge in [0, 0.05) is 23.6 Å². The number of aromatic hydroxyl groups is 2. The van der Waals surface area contributed by atoms with Gasteiger partial charge in [-0.1, -0.05) is 6.07 Å². The number of rotatable bonds is 3. The van der Waals surface area contributed by atoms with Gasteiger partial charge in [0.2, 0.25) is 0 Å². The number of phenols is 2. The Labute approximate surface area is 132 Å². The predicted molar refractivity (Wildman–Crippen MR) is 81.4 cm³/mol. The van der Waals surface area contributed by atoms with Gasteiger partial charge in [0.15, 0.2) is 11.5 Å². The highest BCUT2D eigenvalue weighted by atomic mass is 16.5. The molecule has 0 aliphatic carbocycles. The van der Waals surface area contributed by atoms with Crippen LogP contribution in [0, 0.1) is 0 Å². The highest BCUT2D eigenvalue weighted by molar-refractivity contribution is 5.79. The highest BCUT2D eigenvalue weighted by Crippen LogP contribution is 2.47. The van der Waals surface area contributed by atoms with E-state index >= 15 is 0 Å². The molecule has 0 spiro atoms. The lowest BCUT2D eigenvalue weighted by atomic mass is 9.85. The van der Waals surface area contributed by atoms with Crippen molar-refractivity contribution in [2.24, 2.45) is 0 Å². The maximum absolute atomic E-state index is 11.9. The molecule has 0 unspecified atom stereocenters. The van der Waals surface area contributed by atoms with Gasteiger partial charge < -0.3 is 24.4 Å². The van der Waals surface area contributed by atoms with E-state index in [-0.39, 0.29) is 29.6 Å². The molecule has 0 amide bonds. The summed E-state index contributed by atoms with van der Waals surface area (Å²) < 4.78 is 15.7. The van der Waals surface area contributed by atoms with Gasteiger partial charge in [-0.15, -0.1) is 0 Å². The van der Waals surface area contributed by atoms with Crippen molar-refractivity contribution in [1.29, 1.82) is 0 Å². The molecule has 3 rings (SSSR count). The van der Waals surface area contributed by atoms with Crippen LogP contribution in [-0.2, 0) is 4.79 Å². The number of phenolic OH excluding ortho intramolecular Hbond substituents is 2. The molecular formula is C17H16O6. The summed E-state index contributed by atoms with van der Waals surface area (Å²) in [6.45, 7) is 0. The number of hydrogen-bond donors (Lipinski definition) is 2. The summed E-state index contributed by atoms with van der Waals surface area (Å²) in [4.78, 5) is 11.9. The Kier molecular flexibility index (Phi) is 3.73. The minimum Gasteiger partial charge on any atom is -0.508 e. The fraction of sp³-hybridized carbons (Fsp3) is 0.235. The van der Waals surface area contributed by atoms with Crippen LogP contribution in [0.15, 0.2) is 30.3 Å². The zero-order valence-corrected chi connectivity index (χ0v) is 12.7. The second-order valence-electron chi connectivity index (χ2n) is 5.22. The standard InChI is InChI=1S/C17H16O6/c1-21-13-5-9(3-4-12(13)19)11-8-16(20)23-15-7-10(18)6-14(22-2)17(11)15/h3-7,11,18-19H,8H2,1-2H3/t11-/m0/s1. The van der Waals surface area contributed by atoms with Crippen molar-refractivity contribution in [1.82, 2.24) is 0 Å². The molecule has 0 fully saturated rings. The molecule has 1 aliphatic rings. The summed E-state index contributed by atoms with van der Waals surface area (Å²) in [7, 11) is 2.94. The lowest BCUT2D eigenvalue weighted by Crippen LogP contribution is -2.21. The van der Waals surface area contributed by atoms with E-state index < -0.39 is 5.97 Å². The minimum atomic E-state index is -0.401. The molecule has 1 atom stereocenters. The number of carbonyl (C=O) groups is 1. The first-order chi connectivity index (χ1) is 11.0. The summed E-state index contributed by atoms with van der Waals surface area (Å²) in [5, 5.41) is 19.5. The van der Waals surface area contributed by atoms with Crippen LogP contribution in [0.4, 0.5) is 0 Å². The van der Waals surface area contributed by atoms with Crippen molar-refractivity contribution in [3.63, 3.8) is 0 Å². The third kappa shape index (κ3) is 2.63. The van der Waals surface area contributed by atoms with Gasteiger partial charge >= 0.3 is 5.97 Å². The molecular weight excluding hydrogens is 300 g/mol. The zero-order valence-electron chi connectivity index (χ0n) is 12.7. The average Bonchev–Trinajstić information content (AvgIpc) is 2.53. The summed E-state index contributed by atoms with van der Waals surface area (Å²) >= 11 is 0. The van der Waals surface area contributed by atoms with E-state index in [4.69, 9.17) is 14.2 Å². The molecule has 1 aliphatic heterocycles. The minimum absolute atomic E-state index is 0.0209. The molecule has 0 saturated carbocycles. The van der Waals surface area contributed by atoms with E-state index in [2.05, 4.69) is 0 Å². The predicted octanol–water partition coefficient (Wildman–Crippen LogP) is 2.56. The summed E-state index contributed by atoms with van der Waals surface area (Å²) in [6, 6.07) is 7.77. The lowest BCUT2D eigenvalue weighted by molar-refractivity contribution is -0.135. The lowest BCUT2D eigenvalue weighted by Gasteiger charge is -2.27. The van der Waals surface area contributed by atoms with Crippen molar-refractivity contribution in [3.05, 3.63) is 41.5 Å². The number of carbonyl (C=O) groups excluding carboxylic acids is 1. The van der Waals surface area contributed by atoms with E-state index in [1.165, 1.54) is 32.4 Å². The maximum Gasteiger partial charge on any atom is 0.312 e. The van der Waals surface area contributed by atoms with Gasteiger partial charge in [-0.2, -0.15) is 0 Å².